The third kappa shape index (κ3) is 3.95. The predicted octanol–water partition coefficient (Wildman–Crippen LogP) is 2.93. The van der Waals surface area contributed by atoms with Crippen LogP contribution in [0.15, 0.2) is 42.6 Å². The van der Waals surface area contributed by atoms with Gasteiger partial charge in [-0.3, -0.25) is 4.79 Å². The fourth-order valence-corrected chi connectivity index (χ4v) is 1.97. The zero-order valence-electron chi connectivity index (χ0n) is 12.1. The molecule has 110 valence electrons. The average molecular weight is 286 g/mol. The molecule has 0 atom stereocenters. The molecule has 1 heterocycles. The molecule has 1 aromatic carbocycles. The first-order valence-electron chi connectivity index (χ1n) is 6.77. The molecule has 21 heavy (non-hydrogen) atoms. The summed E-state index contributed by atoms with van der Waals surface area (Å²) in [6.45, 7) is 3.79. The number of benzene rings is 1. The highest BCUT2D eigenvalue weighted by Crippen LogP contribution is 2.23. The van der Waals surface area contributed by atoms with Crippen LogP contribution in [0.5, 0.6) is 0 Å². The van der Waals surface area contributed by atoms with Gasteiger partial charge >= 0.3 is 5.97 Å². The van der Waals surface area contributed by atoms with Crippen molar-refractivity contribution in [3.8, 4) is 0 Å². The van der Waals surface area contributed by atoms with Gasteiger partial charge in [-0.25, -0.2) is 4.79 Å². The molecule has 0 spiro atoms. The number of ether oxygens (including phenoxy) is 1. The molecule has 2 N–H and O–H groups in total. The minimum atomic E-state index is -0.549. The molecule has 0 fully saturated rings. The molecule has 0 aliphatic carbocycles. The molecule has 5 heteroatoms. The Kier molecular flexibility index (Phi) is 4.77. The van der Waals surface area contributed by atoms with E-state index >= 15 is 0 Å². The fourth-order valence-electron chi connectivity index (χ4n) is 1.97. The van der Waals surface area contributed by atoms with E-state index in [9.17, 15) is 9.59 Å². The number of H-pyrrole nitrogens is 1. The Morgan fingerprint density at radius 1 is 1.19 bits per heavy atom. The highest BCUT2D eigenvalue weighted by atomic mass is 16.5. The molecular weight excluding hydrogens is 268 g/mol. The molecule has 0 bridgehead atoms. The maximum atomic E-state index is 11.9. The molecule has 1 amide bonds. The summed E-state index contributed by atoms with van der Waals surface area (Å²) in [4.78, 5) is 26.2. The van der Waals surface area contributed by atoms with E-state index < -0.39 is 5.97 Å². The smallest absolute Gasteiger partial charge is 0.355 e. The van der Waals surface area contributed by atoms with E-state index in [4.69, 9.17) is 4.74 Å². The molecule has 2 rings (SSSR count). The highest BCUT2D eigenvalue weighted by Gasteiger charge is 2.12. The van der Waals surface area contributed by atoms with Crippen molar-refractivity contribution in [3.63, 3.8) is 0 Å². The second-order valence-corrected chi connectivity index (χ2v) is 4.95. The molecule has 0 aliphatic rings. The lowest BCUT2D eigenvalue weighted by Gasteiger charge is -2.13. The first-order chi connectivity index (χ1) is 10.1. The highest BCUT2D eigenvalue weighted by molar-refractivity contribution is 5.95. The van der Waals surface area contributed by atoms with Crippen molar-refractivity contribution in [1.82, 2.24) is 4.98 Å². The van der Waals surface area contributed by atoms with E-state index in [-0.39, 0.29) is 12.5 Å². The number of hydrogen-bond acceptors (Lipinski definition) is 3. The number of carbonyl (C=O) groups excluding carboxylic acids is 2. The lowest BCUT2D eigenvalue weighted by molar-refractivity contribution is -0.119. The number of hydrogen-bond donors (Lipinski definition) is 2. The molecule has 1 aromatic heterocycles. The lowest BCUT2D eigenvalue weighted by Crippen LogP contribution is -2.21. The minimum absolute atomic E-state index is 0.294. The van der Waals surface area contributed by atoms with Crippen LogP contribution in [0.3, 0.4) is 0 Å². The number of aromatic amines is 1. The number of amides is 1. The predicted molar refractivity (Wildman–Crippen MR) is 80.2 cm³/mol. The number of para-hydroxylation sites is 1. The summed E-state index contributed by atoms with van der Waals surface area (Å²) in [6.07, 6.45) is 1.62. The number of rotatable bonds is 5. The summed E-state index contributed by atoms with van der Waals surface area (Å²) in [5.41, 5.74) is 2.11. The SMILES string of the molecule is CC(C)c1ccccc1NC(=O)COC(=O)c1ccc[nH]1. The third-order valence-electron chi connectivity index (χ3n) is 3.01. The van der Waals surface area contributed by atoms with Gasteiger partial charge in [0.15, 0.2) is 6.61 Å². The molecular formula is C16H18N2O3. The third-order valence-corrected chi connectivity index (χ3v) is 3.01. The van der Waals surface area contributed by atoms with Crippen LogP contribution in [0.25, 0.3) is 0 Å². The van der Waals surface area contributed by atoms with Gasteiger partial charge in [-0.05, 0) is 29.7 Å². The van der Waals surface area contributed by atoms with E-state index in [1.807, 2.05) is 24.3 Å². The van der Waals surface area contributed by atoms with Crippen molar-refractivity contribution >= 4 is 17.6 Å². The molecule has 2 aromatic rings. The van der Waals surface area contributed by atoms with Crippen LogP contribution in [0.4, 0.5) is 5.69 Å². The Balaban J connectivity index is 1.92. The minimum Gasteiger partial charge on any atom is -0.451 e. The Labute approximate surface area is 123 Å². The number of nitrogens with one attached hydrogen (secondary N) is 2. The van der Waals surface area contributed by atoms with Gasteiger partial charge in [-0.15, -0.1) is 0 Å². The largest absolute Gasteiger partial charge is 0.451 e. The monoisotopic (exact) mass is 286 g/mol. The van der Waals surface area contributed by atoms with Crippen LogP contribution >= 0.6 is 0 Å². The Hall–Kier alpha value is -2.56. The maximum Gasteiger partial charge on any atom is 0.355 e. The number of carbonyl (C=O) groups is 2. The van der Waals surface area contributed by atoms with E-state index in [1.54, 1.807) is 18.3 Å². The first-order valence-corrected chi connectivity index (χ1v) is 6.77. The standard InChI is InChI=1S/C16H18N2O3/c1-11(2)12-6-3-4-7-13(12)18-15(19)10-21-16(20)14-8-5-9-17-14/h3-9,11,17H,10H2,1-2H3,(H,18,19). The van der Waals surface area contributed by atoms with Crippen molar-refractivity contribution in [1.29, 1.82) is 0 Å². The molecule has 5 nitrogen and oxygen atoms in total. The zero-order chi connectivity index (χ0) is 15.2. The van der Waals surface area contributed by atoms with Gasteiger partial charge < -0.3 is 15.0 Å². The van der Waals surface area contributed by atoms with E-state index in [0.29, 0.717) is 11.6 Å². The van der Waals surface area contributed by atoms with E-state index in [2.05, 4.69) is 24.1 Å². The van der Waals surface area contributed by atoms with Crippen LogP contribution in [0.2, 0.25) is 0 Å². The number of anilines is 1. The lowest BCUT2D eigenvalue weighted by atomic mass is 10.0. The van der Waals surface area contributed by atoms with Gasteiger partial charge in [0.25, 0.3) is 5.91 Å². The summed E-state index contributed by atoms with van der Waals surface area (Å²) >= 11 is 0. The normalized spacial score (nSPS) is 10.4. The van der Waals surface area contributed by atoms with Gasteiger partial charge in [-0.2, -0.15) is 0 Å². The molecule has 0 unspecified atom stereocenters. The summed E-state index contributed by atoms with van der Waals surface area (Å²) in [5.74, 6) is -0.613. The topological polar surface area (TPSA) is 71.2 Å². The van der Waals surface area contributed by atoms with Crippen molar-refractivity contribution in [3.05, 3.63) is 53.9 Å². The van der Waals surface area contributed by atoms with Crippen LogP contribution in [-0.4, -0.2) is 23.5 Å². The van der Waals surface area contributed by atoms with Crippen LogP contribution in [0.1, 0.15) is 35.8 Å². The zero-order valence-corrected chi connectivity index (χ0v) is 12.1. The summed E-state index contributed by atoms with van der Waals surface area (Å²) in [6, 6.07) is 10.9. The van der Waals surface area contributed by atoms with Gasteiger partial charge in [0.1, 0.15) is 5.69 Å². The fraction of sp³-hybridized carbons (Fsp3) is 0.250. The van der Waals surface area contributed by atoms with E-state index in [1.165, 1.54) is 0 Å². The van der Waals surface area contributed by atoms with Gasteiger partial charge in [0, 0.05) is 11.9 Å². The van der Waals surface area contributed by atoms with Gasteiger partial charge in [0.05, 0.1) is 0 Å². The molecule has 0 saturated carbocycles. The molecule has 0 aliphatic heterocycles. The van der Waals surface area contributed by atoms with Crippen molar-refractivity contribution in [2.24, 2.45) is 0 Å². The summed E-state index contributed by atoms with van der Waals surface area (Å²) < 4.78 is 4.94. The number of esters is 1. The van der Waals surface area contributed by atoms with Crippen molar-refractivity contribution in [2.75, 3.05) is 11.9 Å². The molecule has 0 saturated heterocycles. The van der Waals surface area contributed by atoms with E-state index in [0.717, 1.165) is 11.3 Å². The van der Waals surface area contributed by atoms with Crippen molar-refractivity contribution in [2.45, 2.75) is 19.8 Å². The Bertz CT molecular complexity index is 618. The van der Waals surface area contributed by atoms with Gasteiger partial charge in [-0.1, -0.05) is 32.0 Å². The van der Waals surface area contributed by atoms with Crippen LogP contribution in [0, 0.1) is 0 Å². The van der Waals surface area contributed by atoms with Crippen molar-refractivity contribution < 1.29 is 14.3 Å². The second kappa shape index (κ2) is 6.74. The van der Waals surface area contributed by atoms with Gasteiger partial charge in [0.2, 0.25) is 0 Å². The maximum absolute atomic E-state index is 11.9. The first kappa shape index (κ1) is 14.8. The average Bonchev–Trinajstić information content (AvgIpc) is 2.99. The van der Waals surface area contributed by atoms with Crippen LogP contribution < -0.4 is 5.32 Å². The number of aromatic nitrogens is 1. The van der Waals surface area contributed by atoms with Crippen LogP contribution in [-0.2, 0) is 9.53 Å². The summed E-state index contributed by atoms with van der Waals surface area (Å²) in [5, 5.41) is 2.77. The Morgan fingerprint density at radius 2 is 1.95 bits per heavy atom. The Morgan fingerprint density at radius 3 is 2.62 bits per heavy atom. The molecule has 0 radical (unpaired) electrons. The quantitative estimate of drug-likeness (QED) is 0.830. The second-order valence-electron chi connectivity index (χ2n) is 4.95. The summed E-state index contributed by atoms with van der Waals surface area (Å²) in [7, 11) is 0.